The number of benzene rings is 1. The Bertz CT molecular complexity index is 386. The van der Waals surface area contributed by atoms with Crippen LogP contribution in [0.25, 0.3) is 0 Å². The molecule has 0 bridgehead atoms. The van der Waals surface area contributed by atoms with Crippen LogP contribution in [-0.2, 0) is 6.42 Å². The highest BCUT2D eigenvalue weighted by atomic mass is 16.1. The van der Waals surface area contributed by atoms with E-state index in [2.05, 4.69) is 39.8 Å². The van der Waals surface area contributed by atoms with Gasteiger partial charge in [0.05, 0.1) is 0 Å². The number of carbonyl (C=O) groups excluding carboxylic acids is 1. The molecule has 0 atom stereocenters. The lowest BCUT2D eigenvalue weighted by molar-refractivity contribution is 0.0905. The van der Waals surface area contributed by atoms with Crippen LogP contribution in [0.3, 0.4) is 0 Å². The summed E-state index contributed by atoms with van der Waals surface area (Å²) in [5.74, 6) is 1.19. The Kier molecular flexibility index (Phi) is 6.83. The highest BCUT2D eigenvalue weighted by molar-refractivity contribution is 5.98. The highest BCUT2D eigenvalue weighted by Crippen LogP contribution is 2.21. The van der Waals surface area contributed by atoms with Gasteiger partial charge in [-0.15, -0.1) is 0 Å². The van der Waals surface area contributed by atoms with Gasteiger partial charge in [0.15, 0.2) is 5.78 Å². The third-order valence-corrected chi connectivity index (χ3v) is 3.50. The molecule has 0 amide bonds. The average Bonchev–Trinajstić information content (AvgIpc) is 2.37. The molecule has 0 aliphatic carbocycles. The molecule has 0 heterocycles. The minimum atomic E-state index is 0.212. The molecule has 1 heteroatoms. The lowest BCUT2D eigenvalue weighted by Crippen LogP contribution is -2.15. The summed E-state index contributed by atoms with van der Waals surface area (Å²) in [7, 11) is 0. The van der Waals surface area contributed by atoms with E-state index in [1.54, 1.807) is 0 Å². The van der Waals surface area contributed by atoms with Gasteiger partial charge >= 0.3 is 0 Å². The summed E-state index contributed by atoms with van der Waals surface area (Å²) in [4.78, 5) is 12.6. The molecule has 0 spiro atoms. The van der Waals surface area contributed by atoms with Gasteiger partial charge < -0.3 is 0 Å². The molecule has 0 saturated heterocycles. The van der Waals surface area contributed by atoms with Crippen LogP contribution in [0.1, 0.15) is 69.3 Å². The summed E-state index contributed by atoms with van der Waals surface area (Å²) in [6, 6.07) is 8.23. The average molecular weight is 260 g/mol. The van der Waals surface area contributed by atoms with E-state index in [1.165, 1.54) is 5.56 Å². The molecule has 0 fully saturated rings. The molecule has 0 saturated carbocycles. The van der Waals surface area contributed by atoms with Gasteiger partial charge in [-0.1, -0.05) is 58.7 Å². The molecule has 0 unspecified atom stereocenters. The summed E-state index contributed by atoms with van der Waals surface area (Å²) in [5.41, 5.74) is 2.19. The zero-order chi connectivity index (χ0) is 14.3. The van der Waals surface area contributed by atoms with Crippen LogP contribution < -0.4 is 0 Å². The first-order chi connectivity index (χ1) is 9.08. The van der Waals surface area contributed by atoms with E-state index >= 15 is 0 Å². The Balaban J connectivity index is 2.84. The first-order valence-corrected chi connectivity index (χ1v) is 7.71. The Labute approximate surface area is 118 Å². The van der Waals surface area contributed by atoms with Crippen LogP contribution in [0.2, 0.25) is 0 Å². The van der Waals surface area contributed by atoms with Crippen molar-refractivity contribution in [3.8, 4) is 0 Å². The minimum Gasteiger partial charge on any atom is -0.294 e. The van der Waals surface area contributed by atoms with Crippen molar-refractivity contribution in [3.05, 3.63) is 35.4 Å². The molecule has 1 aromatic rings. The van der Waals surface area contributed by atoms with Crippen molar-refractivity contribution in [3.63, 3.8) is 0 Å². The second-order valence-electron chi connectivity index (χ2n) is 5.94. The molecule has 0 aliphatic heterocycles. The van der Waals surface area contributed by atoms with Gasteiger partial charge in [-0.3, -0.25) is 4.79 Å². The predicted octanol–water partition coefficient (Wildman–Crippen LogP) is 5.28. The van der Waals surface area contributed by atoms with Gasteiger partial charge in [-0.05, 0) is 36.8 Å². The molecule has 0 radical (unpaired) electrons. The number of hydrogen-bond donors (Lipinski definition) is 0. The molecule has 0 aromatic heterocycles. The maximum absolute atomic E-state index is 12.6. The number of ketones is 1. The Morgan fingerprint density at radius 1 is 1.11 bits per heavy atom. The van der Waals surface area contributed by atoms with Crippen molar-refractivity contribution < 1.29 is 4.79 Å². The van der Waals surface area contributed by atoms with Crippen molar-refractivity contribution in [2.24, 2.45) is 11.8 Å². The van der Waals surface area contributed by atoms with Crippen LogP contribution in [0, 0.1) is 11.8 Å². The Morgan fingerprint density at radius 2 is 1.74 bits per heavy atom. The largest absolute Gasteiger partial charge is 0.294 e. The third kappa shape index (κ3) is 5.18. The SMILES string of the molecule is CCCC(CCC)C(=O)c1cccc(CC(C)C)c1. The summed E-state index contributed by atoms with van der Waals surface area (Å²) in [5, 5.41) is 0. The fourth-order valence-corrected chi connectivity index (χ4v) is 2.66. The second kappa shape index (κ2) is 8.14. The molecular formula is C18H28O. The van der Waals surface area contributed by atoms with E-state index in [1.807, 2.05) is 12.1 Å². The van der Waals surface area contributed by atoms with Crippen LogP contribution in [0.4, 0.5) is 0 Å². The quantitative estimate of drug-likeness (QED) is 0.581. The normalized spacial score (nSPS) is 11.3. The Morgan fingerprint density at radius 3 is 2.26 bits per heavy atom. The van der Waals surface area contributed by atoms with Crippen LogP contribution in [0.15, 0.2) is 24.3 Å². The van der Waals surface area contributed by atoms with Crippen LogP contribution >= 0.6 is 0 Å². The standard InChI is InChI=1S/C18H28O/c1-5-8-16(9-6-2)18(19)17-11-7-10-15(13-17)12-14(3)4/h7,10-11,13-14,16H,5-6,8-9,12H2,1-4H3. The fraction of sp³-hybridized carbons (Fsp3) is 0.611. The number of rotatable bonds is 8. The number of carbonyl (C=O) groups is 1. The van der Waals surface area contributed by atoms with E-state index in [-0.39, 0.29) is 5.92 Å². The number of hydrogen-bond acceptors (Lipinski definition) is 1. The summed E-state index contributed by atoms with van der Waals surface area (Å²) in [6.45, 7) is 8.74. The molecule has 106 valence electrons. The Hall–Kier alpha value is -1.11. The topological polar surface area (TPSA) is 17.1 Å². The smallest absolute Gasteiger partial charge is 0.165 e. The molecule has 1 aromatic carbocycles. The molecule has 1 nitrogen and oxygen atoms in total. The van der Waals surface area contributed by atoms with Crippen molar-refractivity contribution in [1.82, 2.24) is 0 Å². The van der Waals surface area contributed by atoms with Crippen molar-refractivity contribution in [2.75, 3.05) is 0 Å². The fourth-order valence-electron chi connectivity index (χ4n) is 2.66. The third-order valence-electron chi connectivity index (χ3n) is 3.50. The summed E-state index contributed by atoms with van der Waals surface area (Å²) >= 11 is 0. The van der Waals surface area contributed by atoms with E-state index in [0.717, 1.165) is 37.7 Å². The van der Waals surface area contributed by atoms with E-state index in [0.29, 0.717) is 11.7 Å². The van der Waals surface area contributed by atoms with Crippen LogP contribution in [-0.4, -0.2) is 5.78 Å². The molecule has 0 N–H and O–H groups in total. The molecule has 19 heavy (non-hydrogen) atoms. The first-order valence-electron chi connectivity index (χ1n) is 7.71. The van der Waals surface area contributed by atoms with Gasteiger partial charge in [0, 0.05) is 11.5 Å². The zero-order valence-electron chi connectivity index (χ0n) is 12.9. The van der Waals surface area contributed by atoms with Crippen molar-refractivity contribution in [1.29, 1.82) is 0 Å². The summed E-state index contributed by atoms with van der Waals surface area (Å²) in [6.07, 6.45) is 5.25. The first kappa shape index (κ1) is 15.9. The zero-order valence-corrected chi connectivity index (χ0v) is 12.9. The van der Waals surface area contributed by atoms with Gasteiger partial charge in [0.25, 0.3) is 0 Å². The van der Waals surface area contributed by atoms with E-state index in [4.69, 9.17) is 0 Å². The molecule has 0 aliphatic rings. The van der Waals surface area contributed by atoms with Gasteiger partial charge in [0.1, 0.15) is 0 Å². The number of Topliss-reactive ketones (excluding diaryl/α,β-unsaturated/α-hetero) is 1. The molecule has 1 rings (SSSR count). The van der Waals surface area contributed by atoms with Gasteiger partial charge in [0.2, 0.25) is 0 Å². The lowest BCUT2D eigenvalue weighted by atomic mass is 9.88. The van der Waals surface area contributed by atoms with Gasteiger partial charge in [-0.25, -0.2) is 0 Å². The van der Waals surface area contributed by atoms with Gasteiger partial charge in [-0.2, -0.15) is 0 Å². The van der Waals surface area contributed by atoms with E-state index in [9.17, 15) is 4.79 Å². The monoisotopic (exact) mass is 260 g/mol. The molecular weight excluding hydrogens is 232 g/mol. The van der Waals surface area contributed by atoms with Crippen LogP contribution in [0.5, 0.6) is 0 Å². The maximum atomic E-state index is 12.6. The second-order valence-corrected chi connectivity index (χ2v) is 5.94. The predicted molar refractivity (Wildman–Crippen MR) is 82.6 cm³/mol. The van der Waals surface area contributed by atoms with Crippen molar-refractivity contribution in [2.45, 2.75) is 59.8 Å². The van der Waals surface area contributed by atoms with E-state index < -0.39 is 0 Å². The minimum absolute atomic E-state index is 0.212. The summed E-state index contributed by atoms with van der Waals surface area (Å²) < 4.78 is 0. The maximum Gasteiger partial charge on any atom is 0.165 e. The lowest BCUT2D eigenvalue weighted by Gasteiger charge is -2.15. The van der Waals surface area contributed by atoms with Crippen molar-refractivity contribution >= 4 is 5.78 Å². The highest BCUT2D eigenvalue weighted by Gasteiger charge is 2.18.